The van der Waals surface area contributed by atoms with E-state index >= 15 is 0 Å². The quantitative estimate of drug-likeness (QED) is 0.706. The summed E-state index contributed by atoms with van der Waals surface area (Å²) in [5.74, 6) is 0.367. The van der Waals surface area contributed by atoms with Gasteiger partial charge in [0, 0.05) is 6.42 Å². The van der Waals surface area contributed by atoms with E-state index in [2.05, 4.69) is 26.1 Å². The molecule has 0 unspecified atom stereocenters. The van der Waals surface area contributed by atoms with Crippen molar-refractivity contribution in [2.45, 2.75) is 44.8 Å². The maximum Gasteiger partial charge on any atom is 0.324 e. The van der Waals surface area contributed by atoms with Gasteiger partial charge < -0.3 is 15.2 Å². The number of β-amino-alcohol motifs (C(OH)–C–C–N with tert-alkyl or cyclic N) is 1. The van der Waals surface area contributed by atoms with E-state index in [0.717, 1.165) is 16.0 Å². The fourth-order valence-corrected chi connectivity index (χ4v) is 3.40. The minimum atomic E-state index is -0.979. The predicted molar refractivity (Wildman–Crippen MR) is 111 cm³/mol. The summed E-state index contributed by atoms with van der Waals surface area (Å²) in [6.07, 6.45) is -0.554. The molecule has 0 aromatic heterocycles. The molecule has 3 rings (SSSR count). The van der Waals surface area contributed by atoms with E-state index in [1.54, 1.807) is 0 Å². The largest absolute Gasteiger partial charge is 0.491 e. The Balaban J connectivity index is 1.58. The van der Waals surface area contributed by atoms with Crippen LogP contribution in [-0.4, -0.2) is 47.2 Å². The van der Waals surface area contributed by atoms with Crippen LogP contribution in [0.1, 0.15) is 31.9 Å². The molecule has 0 saturated carbocycles. The average molecular weight is 396 g/mol. The predicted octanol–water partition coefficient (Wildman–Crippen LogP) is 2.89. The number of urea groups is 1. The number of amides is 3. The van der Waals surface area contributed by atoms with Crippen LogP contribution < -0.4 is 10.1 Å². The highest BCUT2D eigenvalue weighted by Crippen LogP contribution is 2.31. The first kappa shape index (κ1) is 20.9. The number of aliphatic hydroxyl groups is 1. The second-order valence-corrected chi connectivity index (χ2v) is 8.35. The topological polar surface area (TPSA) is 78.9 Å². The Kier molecular flexibility index (Phi) is 6.23. The van der Waals surface area contributed by atoms with Crippen molar-refractivity contribution >= 4 is 11.9 Å². The lowest BCUT2D eigenvalue weighted by atomic mass is 9.86. The van der Waals surface area contributed by atoms with Crippen molar-refractivity contribution in [1.82, 2.24) is 10.2 Å². The van der Waals surface area contributed by atoms with Gasteiger partial charge >= 0.3 is 6.03 Å². The zero-order valence-electron chi connectivity index (χ0n) is 17.1. The third kappa shape index (κ3) is 5.15. The van der Waals surface area contributed by atoms with Crippen molar-refractivity contribution in [2.75, 3.05) is 13.2 Å². The maximum absolute atomic E-state index is 12.6. The zero-order chi connectivity index (χ0) is 21.0. The van der Waals surface area contributed by atoms with E-state index in [9.17, 15) is 14.7 Å². The molecule has 1 aliphatic rings. The van der Waals surface area contributed by atoms with Gasteiger partial charge in [0.1, 0.15) is 24.5 Å². The Bertz CT molecular complexity index is 861. The Morgan fingerprint density at radius 3 is 2.41 bits per heavy atom. The molecule has 2 N–H and O–H groups in total. The van der Waals surface area contributed by atoms with Crippen molar-refractivity contribution in [1.29, 1.82) is 0 Å². The number of ether oxygens (including phenoxy) is 1. The molecule has 2 aromatic carbocycles. The molecule has 0 radical (unpaired) electrons. The number of nitrogens with zero attached hydrogens (tertiary/aromatic N) is 1. The highest BCUT2D eigenvalue weighted by atomic mass is 16.5. The van der Waals surface area contributed by atoms with Crippen LogP contribution in [0.2, 0.25) is 0 Å². The molecule has 2 aromatic rings. The number of aliphatic hydroxyl groups excluding tert-OH is 1. The standard InChI is InChI=1S/C23H28N2O4/c1-23(2,3)18-11-7-8-12-20(18)29-15-17(26)14-25-21(27)19(24-22(25)28)13-16-9-5-4-6-10-16/h4-12,17,19,26H,13-15H2,1-3H3,(H,24,28)/t17-,19+/m1/s1. The second-order valence-electron chi connectivity index (χ2n) is 8.35. The van der Waals surface area contributed by atoms with Gasteiger partial charge in [-0.1, -0.05) is 69.3 Å². The van der Waals surface area contributed by atoms with Crippen molar-refractivity contribution in [2.24, 2.45) is 0 Å². The number of carbonyl (C=O) groups excluding carboxylic acids is 2. The molecule has 1 heterocycles. The van der Waals surface area contributed by atoms with Crippen LogP contribution in [-0.2, 0) is 16.6 Å². The molecular weight excluding hydrogens is 368 g/mol. The molecule has 0 bridgehead atoms. The lowest BCUT2D eigenvalue weighted by Gasteiger charge is -2.24. The van der Waals surface area contributed by atoms with Gasteiger partial charge in [-0.3, -0.25) is 9.69 Å². The summed E-state index contributed by atoms with van der Waals surface area (Å²) in [6.45, 7) is 6.16. The van der Waals surface area contributed by atoms with E-state index in [1.165, 1.54) is 0 Å². The third-order valence-corrected chi connectivity index (χ3v) is 4.91. The molecule has 154 valence electrons. The highest BCUT2D eigenvalue weighted by Gasteiger charge is 2.38. The summed E-state index contributed by atoms with van der Waals surface area (Å²) in [7, 11) is 0. The maximum atomic E-state index is 12.6. The van der Waals surface area contributed by atoms with Crippen molar-refractivity contribution in [3.8, 4) is 5.75 Å². The monoisotopic (exact) mass is 396 g/mol. The van der Waals surface area contributed by atoms with Gasteiger partial charge in [-0.15, -0.1) is 0 Å². The first-order valence-corrected chi connectivity index (χ1v) is 9.82. The molecule has 2 atom stereocenters. The van der Waals surface area contributed by atoms with E-state index in [4.69, 9.17) is 4.74 Å². The average Bonchev–Trinajstić information content (AvgIpc) is 2.94. The van der Waals surface area contributed by atoms with Gasteiger partial charge in [-0.05, 0) is 22.6 Å². The second kappa shape index (κ2) is 8.66. The smallest absolute Gasteiger partial charge is 0.324 e. The number of hydrogen-bond acceptors (Lipinski definition) is 4. The Hall–Kier alpha value is -2.86. The molecule has 1 fully saturated rings. The molecule has 6 heteroatoms. The molecule has 1 aliphatic heterocycles. The van der Waals surface area contributed by atoms with Crippen LogP contribution in [0.15, 0.2) is 54.6 Å². The van der Waals surface area contributed by atoms with Crippen LogP contribution in [0.3, 0.4) is 0 Å². The SMILES string of the molecule is CC(C)(C)c1ccccc1OC[C@H](O)CN1C(=O)N[C@@H](Cc2ccccc2)C1=O. The molecule has 3 amide bonds. The summed E-state index contributed by atoms with van der Waals surface area (Å²) < 4.78 is 5.81. The lowest BCUT2D eigenvalue weighted by Crippen LogP contribution is -2.40. The first-order valence-electron chi connectivity index (χ1n) is 9.82. The van der Waals surface area contributed by atoms with Crippen LogP contribution in [0.25, 0.3) is 0 Å². The van der Waals surface area contributed by atoms with Gasteiger partial charge in [-0.2, -0.15) is 0 Å². The Morgan fingerprint density at radius 1 is 1.07 bits per heavy atom. The zero-order valence-corrected chi connectivity index (χ0v) is 17.1. The fourth-order valence-electron chi connectivity index (χ4n) is 3.40. The molecule has 0 spiro atoms. The van der Waals surface area contributed by atoms with Crippen LogP contribution in [0, 0.1) is 0 Å². The Morgan fingerprint density at radius 2 is 1.72 bits per heavy atom. The van der Waals surface area contributed by atoms with Crippen molar-refractivity contribution in [3.05, 3.63) is 65.7 Å². The summed E-state index contributed by atoms with van der Waals surface area (Å²) >= 11 is 0. The molecule has 29 heavy (non-hydrogen) atoms. The molecular formula is C23H28N2O4. The fraction of sp³-hybridized carbons (Fsp3) is 0.391. The normalized spacial score (nSPS) is 17.9. The lowest BCUT2D eigenvalue weighted by molar-refractivity contribution is -0.128. The van der Waals surface area contributed by atoms with E-state index in [1.807, 2.05) is 54.6 Å². The number of rotatable bonds is 7. The third-order valence-electron chi connectivity index (χ3n) is 4.91. The first-order chi connectivity index (χ1) is 13.8. The molecule has 1 saturated heterocycles. The molecule has 0 aliphatic carbocycles. The van der Waals surface area contributed by atoms with Crippen molar-refractivity contribution < 1.29 is 19.4 Å². The van der Waals surface area contributed by atoms with Crippen LogP contribution in [0.5, 0.6) is 5.75 Å². The highest BCUT2D eigenvalue weighted by molar-refractivity contribution is 6.04. The van der Waals surface area contributed by atoms with Crippen LogP contribution in [0.4, 0.5) is 4.79 Å². The van der Waals surface area contributed by atoms with Gasteiger partial charge in [0.05, 0.1) is 6.54 Å². The van der Waals surface area contributed by atoms with Gasteiger partial charge in [-0.25, -0.2) is 4.79 Å². The minimum absolute atomic E-state index is 0.00644. The minimum Gasteiger partial charge on any atom is -0.491 e. The number of carbonyl (C=O) groups is 2. The summed E-state index contributed by atoms with van der Waals surface area (Å²) in [5.41, 5.74) is 1.90. The van der Waals surface area contributed by atoms with Gasteiger partial charge in [0.2, 0.25) is 0 Å². The van der Waals surface area contributed by atoms with Gasteiger partial charge in [0.15, 0.2) is 0 Å². The van der Waals surface area contributed by atoms with E-state index in [-0.39, 0.29) is 24.5 Å². The summed E-state index contributed by atoms with van der Waals surface area (Å²) in [6, 6.07) is 16.1. The summed E-state index contributed by atoms with van der Waals surface area (Å²) in [4.78, 5) is 25.9. The number of nitrogens with one attached hydrogen (secondary N) is 1. The summed E-state index contributed by atoms with van der Waals surface area (Å²) in [5, 5.41) is 13.1. The molecule has 6 nitrogen and oxygen atoms in total. The number of imide groups is 1. The van der Waals surface area contributed by atoms with Crippen molar-refractivity contribution in [3.63, 3.8) is 0 Å². The Labute approximate surface area is 171 Å². The van der Waals surface area contributed by atoms with Crippen LogP contribution >= 0.6 is 0 Å². The van der Waals surface area contributed by atoms with E-state index < -0.39 is 18.2 Å². The number of benzene rings is 2. The number of para-hydroxylation sites is 1. The number of hydrogen-bond donors (Lipinski definition) is 2. The van der Waals surface area contributed by atoms with Gasteiger partial charge in [0.25, 0.3) is 5.91 Å². The van der Waals surface area contributed by atoms with E-state index in [0.29, 0.717) is 12.2 Å².